The minimum atomic E-state index is -1.24. The number of anilines is 1. The van der Waals surface area contributed by atoms with Crippen LogP contribution in [0.3, 0.4) is 0 Å². The molecule has 28 heavy (non-hydrogen) atoms. The zero-order valence-corrected chi connectivity index (χ0v) is 16.8. The predicted octanol–water partition coefficient (Wildman–Crippen LogP) is 3.62. The maximum absolute atomic E-state index is 12.9. The first-order valence-electron chi connectivity index (χ1n) is 9.04. The molecule has 1 aliphatic rings. The number of rotatable bonds is 5. The molecule has 1 atom stereocenters. The van der Waals surface area contributed by atoms with Crippen molar-refractivity contribution in [2.24, 2.45) is 0 Å². The topological polar surface area (TPSA) is 78.5 Å². The average Bonchev–Trinajstić information content (AvgIpc) is 2.88. The summed E-state index contributed by atoms with van der Waals surface area (Å²) in [6, 6.07) is 11.9. The van der Waals surface area contributed by atoms with E-state index in [0.29, 0.717) is 10.6 Å². The smallest absolute Gasteiger partial charge is 0.324 e. The van der Waals surface area contributed by atoms with Gasteiger partial charge in [0.15, 0.2) is 0 Å². The average molecular weight is 400 g/mol. The van der Waals surface area contributed by atoms with Crippen molar-refractivity contribution >= 4 is 35.1 Å². The van der Waals surface area contributed by atoms with Crippen molar-refractivity contribution in [2.75, 3.05) is 11.9 Å². The Bertz CT molecular complexity index is 942. The number of hydrogen-bond donors (Lipinski definition) is 2. The van der Waals surface area contributed by atoms with Gasteiger partial charge in [0.1, 0.15) is 12.1 Å². The Labute approximate surface area is 168 Å². The van der Waals surface area contributed by atoms with Gasteiger partial charge in [0, 0.05) is 10.7 Å². The molecule has 1 fully saturated rings. The van der Waals surface area contributed by atoms with Gasteiger partial charge in [-0.05, 0) is 49.1 Å². The fourth-order valence-corrected chi connectivity index (χ4v) is 3.47. The molecule has 4 amide bonds. The van der Waals surface area contributed by atoms with Gasteiger partial charge in [0.05, 0.1) is 0 Å². The molecule has 2 aromatic carbocycles. The van der Waals surface area contributed by atoms with E-state index in [1.165, 1.54) is 0 Å². The van der Waals surface area contributed by atoms with Gasteiger partial charge < -0.3 is 10.6 Å². The van der Waals surface area contributed by atoms with E-state index in [9.17, 15) is 14.4 Å². The number of halogens is 1. The Kier molecular flexibility index (Phi) is 5.42. The fourth-order valence-electron chi connectivity index (χ4n) is 3.34. The Morgan fingerprint density at radius 1 is 1.18 bits per heavy atom. The van der Waals surface area contributed by atoms with E-state index in [4.69, 9.17) is 11.6 Å². The van der Waals surface area contributed by atoms with Crippen molar-refractivity contribution in [2.45, 2.75) is 32.7 Å². The molecule has 0 aliphatic carbocycles. The zero-order valence-electron chi connectivity index (χ0n) is 16.0. The van der Waals surface area contributed by atoms with Gasteiger partial charge in [0.2, 0.25) is 5.91 Å². The number of nitrogens with one attached hydrogen (secondary N) is 2. The maximum Gasteiger partial charge on any atom is 0.325 e. The summed E-state index contributed by atoms with van der Waals surface area (Å²) >= 11 is 5.91. The quantitative estimate of drug-likeness (QED) is 0.754. The van der Waals surface area contributed by atoms with E-state index in [1.807, 2.05) is 32.0 Å². The van der Waals surface area contributed by atoms with Crippen LogP contribution in [0.25, 0.3) is 0 Å². The van der Waals surface area contributed by atoms with Crippen molar-refractivity contribution in [3.8, 4) is 0 Å². The molecule has 0 radical (unpaired) electrons. The molecule has 1 heterocycles. The van der Waals surface area contributed by atoms with Gasteiger partial charge in [0.25, 0.3) is 5.91 Å². The van der Waals surface area contributed by atoms with Gasteiger partial charge in [-0.15, -0.1) is 0 Å². The standard InChI is InChI=1S/C21H22ClN3O3/c1-4-14-7-5-6-13(2)18(14)23-17(26)12-25-19(27)21(3,24-20(25)28)15-8-10-16(22)11-9-15/h5-11H,4,12H2,1-3H3,(H,23,26)(H,24,28). The Hall–Kier alpha value is -2.86. The molecular weight excluding hydrogens is 378 g/mol. The third kappa shape index (κ3) is 3.60. The number of urea groups is 1. The summed E-state index contributed by atoms with van der Waals surface area (Å²) in [5.41, 5.74) is 2.01. The Morgan fingerprint density at radius 3 is 2.50 bits per heavy atom. The first-order chi connectivity index (χ1) is 13.3. The summed E-state index contributed by atoms with van der Waals surface area (Å²) in [6.07, 6.45) is 0.759. The summed E-state index contributed by atoms with van der Waals surface area (Å²) in [5.74, 6) is -0.900. The molecular formula is C21H22ClN3O3. The lowest BCUT2D eigenvalue weighted by molar-refractivity contribution is -0.133. The number of aryl methyl sites for hydroxylation is 2. The highest BCUT2D eigenvalue weighted by atomic mass is 35.5. The van der Waals surface area contributed by atoms with Crippen LogP contribution in [0.5, 0.6) is 0 Å². The third-order valence-electron chi connectivity index (χ3n) is 5.00. The molecule has 1 aliphatic heterocycles. The highest BCUT2D eigenvalue weighted by Gasteiger charge is 2.49. The Balaban J connectivity index is 1.78. The lowest BCUT2D eigenvalue weighted by atomic mass is 9.92. The summed E-state index contributed by atoms with van der Waals surface area (Å²) in [4.78, 5) is 38.8. The molecule has 3 rings (SSSR count). The first-order valence-corrected chi connectivity index (χ1v) is 9.42. The number of imide groups is 1. The number of carbonyl (C=O) groups excluding carboxylic acids is 3. The van der Waals surface area contributed by atoms with Crippen molar-refractivity contribution in [1.82, 2.24) is 10.2 Å². The van der Waals surface area contributed by atoms with Crippen LogP contribution in [-0.4, -0.2) is 29.3 Å². The maximum atomic E-state index is 12.9. The van der Waals surface area contributed by atoms with Gasteiger partial charge >= 0.3 is 6.03 Å². The molecule has 2 N–H and O–H groups in total. The van der Waals surface area contributed by atoms with Crippen LogP contribution >= 0.6 is 11.6 Å². The van der Waals surface area contributed by atoms with Crippen LogP contribution in [0.4, 0.5) is 10.5 Å². The van der Waals surface area contributed by atoms with E-state index < -0.39 is 23.4 Å². The van der Waals surface area contributed by atoms with E-state index in [2.05, 4.69) is 10.6 Å². The highest BCUT2D eigenvalue weighted by molar-refractivity contribution is 6.30. The van der Waals surface area contributed by atoms with Crippen LogP contribution in [-0.2, 0) is 21.5 Å². The fraction of sp³-hybridized carbons (Fsp3) is 0.286. The van der Waals surface area contributed by atoms with Gasteiger partial charge in [-0.1, -0.05) is 48.9 Å². The molecule has 0 saturated carbocycles. The molecule has 0 aromatic heterocycles. The lowest BCUT2D eigenvalue weighted by Gasteiger charge is -2.22. The van der Waals surface area contributed by atoms with Crippen molar-refractivity contribution in [1.29, 1.82) is 0 Å². The van der Waals surface area contributed by atoms with Crippen molar-refractivity contribution in [3.63, 3.8) is 0 Å². The minimum absolute atomic E-state index is 0.356. The molecule has 1 saturated heterocycles. The zero-order chi connectivity index (χ0) is 20.5. The SMILES string of the molecule is CCc1cccc(C)c1NC(=O)CN1C(=O)NC(C)(c2ccc(Cl)cc2)C1=O. The van der Waals surface area contributed by atoms with Crippen LogP contribution in [0.1, 0.15) is 30.5 Å². The molecule has 7 heteroatoms. The second kappa shape index (κ2) is 7.64. The number of benzene rings is 2. The second-order valence-corrected chi connectivity index (χ2v) is 7.40. The summed E-state index contributed by atoms with van der Waals surface area (Å²) in [7, 11) is 0. The van der Waals surface area contributed by atoms with E-state index in [0.717, 1.165) is 28.1 Å². The van der Waals surface area contributed by atoms with Crippen molar-refractivity contribution in [3.05, 3.63) is 64.2 Å². The van der Waals surface area contributed by atoms with Crippen molar-refractivity contribution < 1.29 is 14.4 Å². The molecule has 0 bridgehead atoms. The molecule has 2 aromatic rings. The number of nitrogens with zero attached hydrogens (tertiary/aromatic N) is 1. The largest absolute Gasteiger partial charge is 0.325 e. The number of para-hydroxylation sites is 1. The van der Waals surface area contributed by atoms with E-state index in [1.54, 1.807) is 31.2 Å². The number of hydrogen-bond acceptors (Lipinski definition) is 3. The van der Waals surface area contributed by atoms with Crippen LogP contribution < -0.4 is 10.6 Å². The highest BCUT2D eigenvalue weighted by Crippen LogP contribution is 2.29. The van der Waals surface area contributed by atoms with Gasteiger partial charge in [-0.2, -0.15) is 0 Å². The lowest BCUT2D eigenvalue weighted by Crippen LogP contribution is -2.42. The van der Waals surface area contributed by atoms with Crippen LogP contribution in [0.2, 0.25) is 5.02 Å². The first kappa shape index (κ1) is 19.9. The van der Waals surface area contributed by atoms with E-state index >= 15 is 0 Å². The van der Waals surface area contributed by atoms with Crippen LogP contribution in [0.15, 0.2) is 42.5 Å². The number of carbonyl (C=O) groups is 3. The van der Waals surface area contributed by atoms with Crippen LogP contribution in [0, 0.1) is 6.92 Å². The minimum Gasteiger partial charge on any atom is -0.324 e. The van der Waals surface area contributed by atoms with E-state index in [-0.39, 0.29) is 6.54 Å². The molecule has 1 unspecified atom stereocenters. The third-order valence-corrected chi connectivity index (χ3v) is 5.25. The molecule has 146 valence electrons. The monoisotopic (exact) mass is 399 g/mol. The Morgan fingerprint density at radius 2 is 1.86 bits per heavy atom. The molecule has 6 nitrogen and oxygen atoms in total. The molecule has 0 spiro atoms. The second-order valence-electron chi connectivity index (χ2n) is 6.96. The summed E-state index contributed by atoms with van der Waals surface area (Å²) < 4.78 is 0. The predicted molar refractivity (Wildman–Crippen MR) is 108 cm³/mol. The van der Waals surface area contributed by atoms with Gasteiger partial charge in [-0.25, -0.2) is 4.79 Å². The van der Waals surface area contributed by atoms with Gasteiger partial charge in [-0.3, -0.25) is 14.5 Å². The number of amides is 4. The normalized spacial score (nSPS) is 18.9. The summed E-state index contributed by atoms with van der Waals surface area (Å²) in [5, 5.41) is 6.06. The summed E-state index contributed by atoms with van der Waals surface area (Å²) in [6.45, 7) is 5.16.